The van der Waals surface area contributed by atoms with Crippen molar-refractivity contribution in [3.8, 4) is 0 Å². The average Bonchev–Trinajstić information content (AvgIpc) is 2.21. The van der Waals surface area contributed by atoms with E-state index in [4.69, 9.17) is 0 Å². The van der Waals surface area contributed by atoms with Crippen LogP contribution in [-0.4, -0.2) is 48.1 Å². The average molecular weight is 304 g/mol. The zero-order valence-corrected chi connectivity index (χ0v) is 10.3. The Kier molecular flexibility index (Phi) is 3.17. The van der Waals surface area contributed by atoms with Gasteiger partial charge in [0.05, 0.1) is 0 Å². The number of likely N-dealkylation sites (N-methyl/N-ethyl adjacent to an activating group) is 1. The lowest BCUT2D eigenvalue weighted by Crippen LogP contribution is -2.45. The Bertz CT molecular complexity index is 292. The van der Waals surface area contributed by atoms with Crippen LogP contribution < -0.4 is 4.90 Å². The van der Waals surface area contributed by atoms with Gasteiger partial charge >= 0.3 is 0 Å². The third-order valence-corrected chi connectivity index (χ3v) is 2.95. The monoisotopic (exact) mass is 304 g/mol. The molecule has 0 bridgehead atoms. The molecule has 76 valence electrons. The fourth-order valence-corrected chi connectivity index (χ4v) is 1.75. The first kappa shape index (κ1) is 10.1. The van der Waals surface area contributed by atoms with E-state index in [0.717, 1.165) is 35.7 Å². The van der Waals surface area contributed by atoms with Gasteiger partial charge in [0.15, 0.2) is 0 Å². The van der Waals surface area contributed by atoms with E-state index in [9.17, 15) is 0 Å². The number of halogens is 1. The van der Waals surface area contributed by atoms with Crippen LogP contribution in [0.15, 0.2) is 12.4 Å². The summed E-state index contributed by atoms with van der Waals surface area (Å²) in [6.07, 6.45) is 3.72. The normalized spacial score (nSPS) is 18.6. The molecule has 0 spiro atoms. The minimum Gasteiger partial charge on any atom is -0.338 e. The number of piperazine rings is 1. The van der Waals surface area contributed by atoms with Crippen molar-refractivity contribution in [2.24, 2.45) is 0 Å². The van der Waals surface area contributed by atoms with Crippen LogP contribution in [0, 0.1) is 3.57 Å². The molecule has 14 heavy (non-hydrogen) atoms. The number of aromatic nitrogens is 2. The van der Waals surface area contributed by atoms with Crippen LogP contribution in [0.25, 0.3) is 0 Å². The summed E-state index contributed by atoms with van der Waals surface area (Å²) >= 11 is 2.22. The van der Waals surface area contributed by atoms with Gasteiger partial charge in [0, 0.05) is 42.1 Å². The molecule has 1 fully saturated rings. The van der Waals surface area contributed by atoms with E-state index in [-0.39, 0.29) is 0 Å². The van der Waals surface area contributed by atoms with E-state index in [2.05, 4.69) is 49.4 Å². The predicted octanol–water partition coefficient (Wildman–Crippen LogP) is 0.833. The van der Waals surface area contributed by atoms with Gasteiger partial charge in [0.25, 0.3) is 0 Å². The highest BCUT2D eigenvalue weighted by Crippen LogP contribution is 2.10. The fourth-order valence-electron chi connectivity index (χ4n) is 1.48. The Labute approximate surface area is 97.5 Å². The van der Waals surface area contributed by atoms with Crippen LogP contribution in [0.4, 0.5) is 5.95 Å². The molecule has 0 unspecified atom stereocenters. The quantitative estimate of drug-likeness (QED) is 0.720. The van der Waals surface area contributed by atoms with Gasteiger partial charge in [-0.25, -0.2) is 9.97 Å². The SMILES string of the molecule is CN1CCN(c2ncc(I)cn2)CC1. The molecule has 0 amide bonds. The molecule has 4 nitrogen and oxygen atoms in total. The van der Waals surface area contributed by atoms with E-state index in [1.54, 1.807) is 0 Å². The van der Waals surface area contributed by atoms with Crippen LogP contribution in [0.1, 0.15) is 0 Å². The summed E-state index contributed by atoms with van der Waals surface area (Å²) in [5, 5.41) is 0. The largest absolute Gasteiger partial charge is 0.338 e. The molecule has 1 aliphatic heterocycles. The molecular formula is C9H13IN4. The lowest BCUT2D eigenvalue weighted by atomic mass is 10.3. The fraction of sp³-hybridized carbons (Fsp3) is 0.556. The Balaban J connectivity index is 2.05. The van der Waals surface area contributed by atoms with Crippen molar-refractivity contribution in [2.75, 3.05) is 38.1 Å². The molecule has 1 aromatic heterocycles. The first-order valence-corrected chi connectivity index (χ1v) is 5.74. The van der Waals surface area contributed by atoms with Crippen molar-refractivity contribution in [2.45, 2.75) is 0 Å². The zero-order chi connectivity index (χ0) is 9.97. The first-order chi connectivity index (χ1) is 6.75. The van der Waals surface area contributed by atoms with Crippen molar-refractivity contribution in [3.05, 3.63) is 16.0 Å². The van der Waals surface area contributed by atoms with Gasteiger partial charge in [0.2, 0.25) is 5.95 Å². The smallest absolute Gasteiger partial charge is 0.225 e. The van der Waals surface area contributed by atoms with Gasteiger partial charge in [-0.15, -0.1) is 0 Å². The van der Waals surface area contributed by atoms with E-state index in [0.29, 0.717) is 0 Å². The number of anilines is 1. The molecule has 0 atom stereocenters. The third kappa shape index (κ3) is 2.33. The highest BCUT2D eigenvalue weighted by atomic mass is 127. The maximum absolute atomic E-state index is 4.32. The van der Waals surface area contributed by atoms with Crippen molar-refractivity contribution >= 4 is 28.5 Å². The highest BCUT2D eigenvalue weighted by molar-refractivity contribution is 14.1. The minimum atomic E-state index is 0.860. The van der Waals surface area contributed by atoms with Gasteiger partial charge in [-0.05, 0) is 29.6 Å². The Hall–Kier alpha value is -0.430. The van der Waals surface area contributed by atoms with Crippen molar-refractivity contribution < 1.29 is 0 Å². The number of hydrogen-bond donors (Lipinski definition) is 0. The molecule has 1 aromatic rings. The van der Waals surface area contributed by atoms with Gasteiger partial charge < -0.3 is 9.80 Å². The molecule has 1 saturated heterocycles. The summed E-state index contributed by atoms with van der Waals surface area (Å²) in [5.41, 5.74) is 0. The highest BCUT2D eigenvalue weighted by Gasteiger charge is 2.15. The molecular weight excluding hydrogens is 291 g/mol. The second-order valence-electron chi connectivity index (χ2n) is 3.49. The summed E-state index contributed by atoms with van der Waals surface area (Å²) in [6, 6.07) is 0. The molecule has 5 heteroatoms. The molecule has 0 aliphatic carbocycles. The maximum Gasteiger partial charge on any atom is 0.225 e. The van der Waals surface area contributed by atoms with Crippen LogP contribution in [0.5, 0.6) is 0 Å². The molecule has 0 aromatic carbocycles. The van der Waals surface area contributed by atoms with Gasteiger partial charge in [0.1, 0.15) is 0 Å². The standard InChI is InChI=1S/C9H13IN4/c1-13-2-4-14(5-3-13)9-11-6-8(10)7-12-9/h6-7H,2-5H2,1H3. The van der Waals surface area contributed by atoms with Gasteiger partial charge in [-0.3, -0.25) is 0 Å². The van der Waals surface area contributed by atoms with E-state index in [1.807, 2.05) is 12.4 Å². The lowest BCUT2D eigenvalue weighted by Gasteiger charge is -2.32. The molecule has 0 saturated carbocycles. The second-order valence-corrected chi connectivity index (χ2v) is 4.74. The number of hydrogen-bond acceptors (Lipinski definition) is 4. The molecule has 2 heterocycles. The lowest BCUT2D eigenvalue weighted by molar-refractivity contribution is 0.311. The summed E-state index contributed by atoms with van der Waals surface area (Å²) in [6.45, 7) is 4.23. The minimum absolute atomic E-state index is 0.860. The van der Waals surface area contributed by atoms with Crippen LogP contribution >= 0.6 is 22.6 Å². The van der Waals surface area contributed by atoms with Crippen LogP contribution in [-0.2, 0) is 0 Å². The Morgan fingerprint density at radius 1 is 1.14 bits per heavy atom. The summed E-state index contributed by atoms with van der Waals surface area (Å²) < 4.78 is 1.08. The predicted molar refractivity (Wildman–Crippen MR) is 64.5 cm³/mol. The van der Waals surface area contributed by atoms with Crippen LogP contribution in [0.2, 0.25) is 0 Å². The van der Waals surface area contributed by atoms with Gasteiger partial charge in [-0.1, -0.05) is 0 Å². The Morgan fingerprint density at radius 3 is 2.29 bits per heavy atom. The first-order valence-electron chi connectivity index (χ1n) is 4.67. The molecule has 2 rings (SSSR count). The van der Waals surface area contributed by atoms with E-state index >= 15 is 0 Å². The summed E-state index contributed by atoms with van der Waals surface area (Å²) in [4.78, 5) is 13.2. The molecule has 1 aliphatic rings. The van der Waals surface area contributed by atoms with Crippen molar-refractivity contribution in [1.82, 2.24) is 14.9 Å². The van der Waals surface area contributed by atoms with Gasteiger partial charge in [-0.2, -0.15) is 0 Å². The molecule has 0 N–H and O–H groups in total. The topological polar surface area (TPSA) is 32.3 Å². The number of nitrogens with zero attached hydrogens (tertiary/aromatic N) is 4. The maximum atomic E-state index is 4.32. The zero-order valence-electron chi connectivity index (χ0n) is 8.15. The Morgan fingerprint density at radius 2 is 1.71 bits per heavy atom. The third-order valence-electron chi connectivity index (χ3n) is 2.39. The molecule has 0 radical (unpaired) electrons. The number of rotatable bonds is 1. The summed E-state index contributed by atoms with van der Waals surface area (Å²) in [7, 11) is 2.14. The van der Waals surface area contributed by atoms with E-state index < -0.39 is 0 Å². The second kappa shape index (κ2) is 4.39. The summed E-state index contributed by atoms with van der Waals surface area (Å²) in [5.74, 6) is 0.860. The van der Waals surface area contributed by atoms with Crippen molar-refractivity contribution in [1.29, 1.82) is 0 Å². The van der Waals surface area contributed by atoms with Crippen LogP contribution in [0.3, 0.4) is 0 Å². The van der Waals surface area contributed by atoms with Crippen molar-refractivity contribution in [3.63, 3.8) is 0 Å². The van der Waals surface area contributed by atoms with E-state index in [1.165, 1.54) is 0 Å².